The summed E-state index contributed by atoms with van der Waals surface area (Å²) in [4.78, 5) is 12.5. The highest BCUT2D eigenvalue weighted by Gasteiger charge is 2.37. The Kier molecular flexibility index (Phi) is 4.10. The lowest BCUT2D eigenvalue weighted by Gasteiger charge is -2.25. The van der Waals surface area contributed by atoms with E-state index in [9.17, 15) is 4.79 Å². The number of carbonyl (C=O) groups is 1. The zero-order valence-corrected chi connectivity index (χ0v) is 15.7. The molecule has 4 rings (SSSR count). The molecular weight excluding hydrogens is 338 g/mol. The zero-order valence-electron chi connectivity index (χ0n) is 15.0. The fraction of sp³-hybridized carbons (Fsp3) is 0.611. The number of anilines is 1. The lowest BCUT2D eigenvalue weighted by Crippen LogP contribution is -2.26. The SMILES string of the molecule is CCc1nn(C)c(Cl)c1C1CC(=O)Nc2c1c(C)nn2C1CCCC1. The van der Waals surface area contributed by atoms with Crippen molar-refractivity contribution < 1.29 is 4.79 Å². The summed E-state index contributed by atoms with van der Waals surface area (Å²) in [6.45, 7) is 4.10. The molecule has 1 N–H and O–H groups in total. The van der Waals surface area contributed by atoms with E-state index in [1.807, 2.05) is 14.0 Å². The van der Waals surface area contributed by atoms with Gasteiger partial charge in [0.15, 0.2) is 0 Å². The topological polar surface area (TPSA) is 64.7 Å². The first-order chi connectivity index (χ1) is 12.0. The molecule has 134 valence electrons. The Labute approximate surface area is 152 Å². The van der Waals surface area contributed by atoms with Gasteiger partial charge in [-0.25, -0.2) is 4.68 Å². The molecule has 1 fully saturated rings. The van der Waals surface area contributed by atoms with Gasteiger partial charge in [0.1, 0.15) is 11.0 Å². The summed E-state index contributed by atoms with van der Waals surface area (Å²) in [6.07, 6.45) is 5.89. The molecule has 0 radical (unpaired) electrons. The summed E-state index contributed by atoms with van der Waals surface area (Å²) >= 11 is 6.57. The molecule has 0 bridgehead atoms. The van der Waals surface area contributed by atoms with Crippen molar-refractivity contribution in [2.24, 2.45) is 7.05 Å². The number of halogens is 1. The van der Waals surface area contributed by atoms with Crippen LogP contribution in [0, 0.1) is 6.92 Å². The Hall–Kier alpha value is -1.82. The van der Waals surface area contributed by atoms with Crippen LogP contribution in [0.3, 0.4) is 0 Å². The second-order valence-corrected chi connectivity index (χ2v) is 7.52. The van der Waals surface area contributed by atoms with Crippen LogP contribution in [0.2, 0.25) is 5.15 Å². The molecule has 6 nitrogen and oxygen atoms in total. The van der Waals surface area contributed by atoms with E-state index < -0.39 is 0 Å². The predicted octanol–water partition coefficient (Wildman–Crippen LogP) is 3.73. The quantitative estimate of drug-likeness (QED) is 0.905. The number of rotatable bonds is 3. The number of carbonyl (C=O) groups excluding carboxylic acids is 1. The highest BCUT2D eigenvalue weighted by Crippen LogP contribution is 2.45. The van der Waals surface area contributed by atoms with Crippen LogP contribution >= 0.6 is 11.6 Å². The van der Waals surface area contributed by atoms with E-state index in [2.05, 4.69) is 22.0 Å². The maximum atomic E-state index is 12.5. The Bertz CT molecular complexity index is 831. The molecule has 1 aliphatic carbocycles. The van der Waals surface area contributed by atoms with Gasteiger partial charge < -0.3 is 5.32 Å². The van der Waals surface area contributed by atoms with Crippen molar-refractivity contribution in [2.75, 3.05) is 5.32 Å². The molecule has 1 aliphatic heterocycles. The normalized spacial score (nSPS) is 20.8. The monoisotopic (exact) mass is 361 g/mol. The van der Waals surface area contributed by atoms with E-state index in [0.29, 0.717) is 17.6 Å². The highest BCUT2D eigenvalue weighted by molar-refractivity contribution is 6.30. The van der Waals surface area contributed by atoms with Crippen molar-refractivity contribution in [2.45, 2.75) is 64.3 Å². The average molecular weight is 362 g/mol. The molecule has 7 heteroatoms. The molecule has 2 aromatic heterocycles. The Morgan fingerprint density at radius 3 is 2.64 bits per heavy atom. The molecular formula is C18H24ClN5O. The van der Waals surface area contributed by atoms with Crippen LogP contribution in [0.25, 0.3) is 0 Å². The van der Waals surface area contributed by atoms with Crippen molar-refractivity contribution in [1.82, 2.24) is 19.6 Å². The third kappa shape index (κ3) is 2.58. The van der Waals surface area contributed by atoms with E-state index in [1.54, 1.807) is 4.68 Å². The second-order valence-electron chi connectivity index (χ2n) is 7.16. The molecule has 1 unspecified atom stereocenters. The van der Waals surface area contributed by atoms with Gasteiger partial charge in [-0.1, -0.05) is 31.4 Å². The maximum absolute atomic E-state index is 12.5. The number of hydrogen-bond acceptors (Lipinski definition) is 3. The van der Waals surface area contributed by atoms with Gasteiger partial charge in [0.25, 0.3) is 0 Å². The van der Waals surface area contributed by atoms with Crippen molar-refractivity contribution in [1.29, 1.82) is 0 Å². The maximum Gasteiger partial charge on any atom is 0.226 e. The third-order valence-electron chi connectivity index (χ3n) is 5.57. The van der Waals surface area contributed by atoms with Crippen molar-refractivity contribution in [3.05, 3.63) is 27.7 Å². The highest BCUT2D eigenvalue weighted by atomic mass is 35.5. The molecule has 1 saturated carbocycles. The summed E-state index contributed by atoms with van der Waals surface area (Å²) in [5, 5.41) is 13.1. The Morgan fingerprint density at radius 2 is 1.96 bits per heavy atom. The summed E-state index contributed by atoms with van der Waals surface area (Å²) in [5.41, 5.74) is 4.04. The first kappa shape index (κ1) is 16.6. The van der Waals surface area contributed by atoms with Crippen LogP contribution in [0.15, 0.2) is 0 Å². The molecule has 0 aromatic carbocycles. The number of fused-ring (bicyclic) bond motifs is 1. The third-order valence-corrected chi connectivity index (χ3v) is 6.02. The Balaban J connectivity index is 1.87. The molecule has 25 heavy (non-hydrogen) atoms. The van der Waals surface area contributed by atoms with Gasteiger partial charge in [-0.2, -0.15) is 10.2 Å². The first-order valence-electron chi connectivity index (χ1n) is 9.11. The van der Waals surface area contributed by atoms with Gasteiger partial charge in [0.05, 0.1) is 17.4 Å². The van der Waals surface area contributed by atoms with Crippen molar-refractivity contribution in [3.8, 4) is 0 Å². The summed E-state index contributed by atoms with van der Waals surface area (Å²) in [6, 6.07) is 0.386. The van der Waals surface area contributed by atoms with Crippen molar-refractivity contribution >= 4 is 23.3 Å². The number of nitrogens with one attached hydrogen (secondary N) is 1. The molecule has 0 saturated heterocycles. The van der Waals surface area contributed by atoms with E-state index in [-0.39, 0.29) is 11.8 Å². The van der Waals surface area contributed by atoms with Crippen LogP contribution in [0.4, 0.5) is 5.82 Å². The van der Waals surface area contributed by atoms with E-state index >= 15 is 0 Å². The minimum absolute atomic E-state index is 0.0265. The molecule has 1 atom stereocenters. The van der Waals surface area contributed by atoms with Gasteiger partial charge in [0, 0.05) is 30.5 Å². The van der Waals surface area contributed by atoms with Crippen LogP contribution in [-0.2, 0) is 18.3 Å². The fourth-order valence-electron chi connectivity index (χ4n) is 4.41. The van der Waals surface area contributed by atoms with E-state index in [0.717, 1.165) is 47.6 Å². The van der Waals surface area contributed by atoms with Gasteiger partial charge in [0.2, 0.25) is 5.91 Å². The van der Waals surface area contributed by atoms with E-state index in [1.165, 1.54) is 12.8 Å². The molecule has 1 amide bonds. The number of nitrogens with zero attached hydrogens (tertiary/aromatic N) is 4. The van der Waals surface area contributed by atoms with Gasteiger partial charge in [-0.15, -0.1) is 0 Å². The largest absolute Gasteiger partial charge is 0.311 e. The van der Waals surface area contributed by atoms with Crippen LogP contribution < -0.4 is 5.32 Å². The van der Waals surface area contributed by atoms with E-state index in [4.69, 9.17) is 16.7 Å². The summed E-state index contributed by atoms with van der Waals surface area (Å²) in [7, 11) is 1.85. The average Bonchev–Trinajstić information content (AvgIpc) is 3.27. The second kappa shape index (κ2) is 6.16. The van der Waals surface area contributed by atoms with Crippen molar-refractivity contribution in [3.63, 3.8) is 0 Å². The smallest absolute Gasteiger partial charge is 0.226 e. The first-order valence-corrected chi connectivity index (χ1v) is 9.49. The Morgan fingerprint density at radius 1 is 1.24 bits per heavy atom. The minimum Gasteiger partial charge on any atom is -0.311 e. The standard InChI is InChI=1S/C18H24ClN5O/c1-4-13-16(17(19)23(3)22-13)12-9-14(25)20-18-15(12)10(2)21-24(18)11-7-5-6-8-11/h11-12H,4-9H2,1-3H3,(H,20,25). The van der Waals surface area contributed by atoms with Gasteiger partial charge in [-0.05, 0) is 26.2 Å². The fourth-order valence-corrected chi connectivity index (χ4v) is 4.69. The number of aryl methyl sites for hydroxylation is 3. The molecule has 2 aliphatic rings. The van der Waals surface area contributed by atoms with Crippen LogP contribution in [0.1, 0.15) is 73.5 Å². The van der Waals surface area contributed by atoms with Crippen LogP contribution in [0.5, 0.6) is 0 Å². The van der Waals surface area contributed by atoms with Gasteiger partial charge in [-0.3, -0.25) is 9.48 Å². The number of aromatic nitrogens is 4. The number of hydrogen-bond donors (Lipinski definition) is 1. The van der Waals surface area contributed by atoms with Crippen LogP contribution in [-0.4, -0.2) is 25.5 Å². The molecule has 2 aromatic rings. The summed E-state index contributed by atoms with van der Waals surface area (Å²) in [5.74, 6) is 0.821. The lowest BCUT2D eigenvalue weighted by atomic mass is 9.85. The zero-order chi connectivity index (χ0) is 17.7. The minimum atomic E-state index is -0.0740. The molecule has 0 spiro atoms. The predicted molar refractivity (Wildman–Crippen MR) is 97.2 cm³/mol. The summed E-state index contributed by atoms with van der Waals surface area (Å²) < 4.78 is 3.76. The lowest BCUT2D eigenvalue weighted by molar-refractivity contribution is -0.116. The van der Waals surface area contributed by atoms with Gasteiger partial charge >= 0.3 is 0 Å². The molecule has 3 heterocycles. The number of amides is 1.